The summed E-state index contributed by atoms with van der Waals surface area (Å²) in [5.74, 6) is -2.02. The Morgan fingerprint density at radius 3 is 2.00 bits per heavy atom. The molecule has 0 nitrogen and oxygen atoms in total. The van der Waals surface area contributed by atoms with Gasteiger partial charge in [0, 0.05) is 15.5 Å². The first-order chi connectivity index (χ1) is 9.69. The number of hydrogen-bond donors (Lipinski definition) is 0. The third-order valence-electron chi connectivity index (χ3n) is 2.46. The lowest BCUT2D eigenvalue weighted by Gasteiger charge is -2.15. The lowest BCUT2D eigenvalue weighted by atomic mass is 10.0. The number of benzene rings is 2. The molecule has 2 aromatic carbocycles. The first kappa shape index (κ1) is 16.4. The van der Waals surface area contributed by atoms with Gasteiger partial charge in [0.25, 0.3) is 0 Å². The van der Waals surface area contributed by atoms with Crippen LogP contribution in [0.25, 0.3) is 11.1 Å². The van der Waals surface area contributed by atoms with Crippen LogP contribution in [0.4, 0.5) is 22.0 Å². The molecule has 21 heavy (non-hydrogen) atoms. The van der Waals surface area contributed by atoms with Gasteiger partial charge in [-0.25, -0.2) is 8.78 Å². The lowest BCUT2D eigenvalue weighted by Crippen LogP contribution is -2.01. The fraction of sp³-hybridized carbons (Fsp3) is 0.0769. The third-order valence-corrected chi connectivity index (χ3v) is 3.75. The van der Waals surface area contributed by atoms with Crippen molar-refractivity contribution in [3.63, 3.8) is 0 Å². The summed E-state index contributed by atoms with van der Waals surface area (Å²) in [5.41, 5.74) is -5.64. The SMILES string of the molecule is Fc1cccc(F)c1-c1c(Cl)cc(Cl)cc1SC(F)(F)F. The van der Waals surface area contributed by atoms with Gasteiger partial charge in [-0.3, -0.25) is 0 Å². The van der Waals surface area contributed by atoms with Crippen LogP contribution in [0.3, 0.4) is 0 Å². The van der Waals surface area contributed by atoms with E-state index >= 15 is 0 Å². The summed E-state index contributed by atoms with van der Waals surface area (Å²) in [7, 11) is 0. The maximum Gasteiger partial charge on any atom is 0.446 e. The molecule has 0 unspecified atom stereocenters. The van der Waals surface area contributed by atoms with Crippen molar-refractivity contribution in [1.82, 2.24) is 0 Å². The van der Waals surface area contributed by atoms with Crippen LogP contribution in [0, 0.1) is 11.6 Å². The molecule has 0 spiro atoms. The largest absolute Gasteiger partial charge is 0.446 e. The zero-order valence-corrected chi connectivity index (χ0v) is 12.3. The first-order valence-electron chi connectivity index (χ1n) is 5.38. The van der Waals surface area contributed by atoms with Crippen molar-refractivity contribution in [3.8, 4) is 11.1 Å². The molecule has 2 aromatic rings. The zero-order chi connectivity index (χ0) is 15.8. The topological polar surface area (TPSA) is 0 Å². The van der Waals surface area contributed by atoms with Crippen LogP contribution in [0.5, 0.6) is 0 Å². The predicted octanol–water partition coefficient (Wildman–Crippen LogP) is 6.55. The minimum absolute atomic E-state index is 0.0627. The lowest BCUT2D eigenvalue weighted by molar-refractivity contribution is -0.0328. The Morgan fingerprint density at radius 2 is 1.48 bits per heavy atom. The molecule has 0 aliphatic heterocycles. The molecule has 0 amide bonds. The molecule has 0 bridgehead atoms. The minimum atomic E-state index is -4.65. The van der Waals surface area contributed by atoms with Gasteiger partial charge in [0.15, 0.2) is 0 Å². The summed E-state index contributed by atoms with van der Waals surface area (Å²) in [6.07, 6.45) is 0. The minimum Gasteiger partial charge on any atom is -0.206 e. The van der Waals surface area contributed by atoms with Crippen LogP contribution >= 0.6 is 35.0 Å². The molecule has 0 saturated heterocycles. The summed E-state index contributed by atoms with van der Waals surface area (Å²) in [6.45, 7) is 0. The van der Waals surface area contributed by atoms with Gasteiger partial charge in [-0.05, 0) is 36.0 Å². The van der Waals surface area contributed by atoms with E-state index in [9.17, 15) is 22.0 Å². The highest BCUT2D eigenvalue weighted by atomic mass is 35.5. The molecule has 0 radical (unpaired) electrons. The molecule has 112 valence electrons. The Balaban J connectivity index is 2.73. The van der Waals surface area contributed by atoms with Crippen LogP contribution in [0.2, 0.25) is 10.0 Å². The Bertz CT molecular complexity index is 665. The maximum atomic E-state index is 13.8. The van der Waals surface area contributed by atoms with Crippen molar-refractivity contribution < 1.29 is 22.0 Å². The monoisotopic (exact) mass is 358 g/mol. The number of alkyl halides is 3. The average Bonchev–Trinajstić information content (AvgIpc) is 2.29. The van der Waals surface area contributed by atoms with E-state index in [-0.39, 0.29) is 15.6 Å². The van der Waals surface area contributed by atoms with Crippen molar-refractivity contribution in [1.29, 1.82) is 0 Å². The van der Waals surface area contributed by atoms with Gasteiger partial charge in [0.1, 0.15) is 11.6 Å². The Hall–Kier alpha value is -0.980. The van der Waals surface area contributed by atoms with Gasteiger partial charge in [-0.1, -0.05) is 29.3 Å². The number of thioether (sulfide) groups is 1. The van der Waals surface area contributed by atoms with Crippen molar-refractivity contribution in [3.05, 3.63) is 52.0 Å². The van der Waals surface area contributed by atoms with Crippen LogP contribution in [-0.4, -0.2) is 5.51 Å². The van der Waals surface area contributed by atoms with E-state index in [1.807, 2.05) is 0 Å². The van der Waals surface area contributed by atoms with E-state index in [1.165, 1.54) is 0 Å². The summed E-state index contributed by atoms with van der Waals surface area (Å²) >= 11 is 11.0. The van der Waals surface area contributed by atoms with Crippen LogP contribution in [0.15, 0.2) is 35.2 Å². The van der Waals surface area contributed by atoms with Crippen molar-refractivity contribution >= 4 is 35.0 Å². The second-order valence-corrected chi connectivity index (χ2v) is 5.86. The molecule has 0 fully saturated rings. The molecule has 8 heteroatoms. The Morgan fingerprint density at radius 1 is 0.905 bits per heavy atom. The molecule has 0 heterocycles. The molecule has 0 aliphatic rings. The number of hydrogen-bond acceptors (Lipinski definition) is 1. The molecule has 0 atom stereocenters. The van der Waals surface area contributed by atoms with E-state index in [4.69, 9.17) is 23.2 Å². The van der Waals surface area contributed by atoms with E-state index in [0.29, 0.717) is 0 Å². The van der Waals surface area contributed by atoms with Crippen molar-refractivity contribution in [2.75, 3.05) is 0 Å². The zero-order valence-electron chi connectivity index (χ0n) is 9.94. The quantitative estimate of drug-likeness (QED) is 0.433. The van der Waals surface area contributed by atoms with Gasteiger partial charge in [0.2, 0.25) is 0 Å². The van der Waals surface area contributed by atoms with Gasteiger partial charge < -0.3 is 0 Å². The second-order valence-electron chi connectivity index (χ2n) is 3.91. The molecule has 2 rings (SSSR count). The fourth-order valence-electron chi connectivity index (χ4n) is 1.73. The summed E-state index contributed by atoms with van der Waals surface area (Å²) in [6, 6.07) is 5.07. The standard InChI is InChI=1S/C13H5Cl2F5S/c14-6-4-7(15)11(10(5-6)21-13(18,19)20)12-8(16)2-1-3-9(12)17/h1-5H. The normalized spacial score (nSPS) is 11.8. The Kier molecular flexibility index (Phi) is 4.70. The predicted molar refractivity (Wildman–Crippen MR) is 73.7 cm³/mol. The molecule has 0 aromatic heterocycles. The number of rotatable bonds is 2. The highest BCUT2D eigenvalue weighted by molar-refractivity contribution is 8.00. The Labute approximate surface area is 130 Å². The maximum absolute atomic E-state index is 13.8. The summed E-state index contributed by atoms with van der Waals surface area (Å²) in [5, 5.41) is -0.328. The summed E-state index contributed by atoms with van der Waals surface area (Å²) < 4.78 is 65.4. The molecule has 0 saturated carbocycles. The molecule has 0 N–H and O–H groups in total. The molecular weight excluding hydrogens is 354 g/mol. The average molecular weight is 359 g/mol. The summed E-state index contributed by atoms with van der Waals surface area (Å²) in [4.78, 5) is -0.469. The van der Waals surface area contributed by atoms with Crippen molar-refractivity contribution in [2.45, 2.75) is 10.4 Å². The first-order valence-corrected chi connectivity index (χ1v) is 6.95. The van der Waals surface area contributed by atoms with Crippen LogP contribution in [0.1, 0.15) is 0 Å². The van der Waals surface area contributed by atoms with Crippen LogP contribution < -0.4 is 0 Å². The van der Waals surface area contributed by atoms with Gasteiger partial charge in [-0.15, -0.1) is 0 Å². The second kappa shape index (κ2) is 6.02. The van der Waals surface area contributed by atoms with E-state index in [1.54, 1.807) is 0 Å². The highest BCUT2D eigenvalue weighted by Crippen LogP contribution is 2.46. The van der Waals surface area contributed by atoms with Gasteiger partial charge >= 0.3 is 5.51 Å². The molecule has 0 aliphatic carbocycles. The molecular formula is C13H5Cl2F5S. The smallest absolute Gasteiger partial charge is 0.206 e. The van der Waals surface area contributed by atoms with E-state index < -0.39 is 39.4 Å². The van der Waals surface area contributed by atoms with E-state index in [0.717, 1.165) is 30.3 Å². The fourth-order valence-corrected chi connectivity index (χ4v) is 3.19. The van der Waals surface area contributed by atoms with Gasteiger partial charge in [0.05, 0.1) is 10.6 Å². The van der Waals surface area contributed by atoms with Gasteiger partial charge in [-0.2, -0.15) is 13.2 Å². The number of halogens is 7. The third kappa shape index (κ3) is 3.81. The van der Waals surface area contributed by atoms with E-state index in [2.05, 4.69) is 0 Å². The van der Waals surface area contributed by atoms with Crippen molar-refractivity contribution in [2.24, 2.45) is 0 Å². The highest BCUT2D eigenvalue weighted by Gasteiger charge is 2.32. The van der Waals surface area contributed by atoms with Crippen LogP contribution in [-0.2, 0) is 0 Å².